The van der Waals surface area contributed by atoms with Gasteiger partial charge in [0.1, 0.15) is 5.84 Å². The van der Waals surface area contributed by atoms with Crippen molar-refractivity contribution < 1.29 is 4.79 Å². The Kier molecular flexibility index (Phi) is 3.49. The van der Waals surface area contributed by atoms with Gasteiger partial charge in [0.05, 0.1) is 6.54 Å². The van der Waals surface area contributed by atoms with Crippen LogP contribution in [0.3, 0.4) is 0 Å². The van der Waals surface area contributed by atoms with E-state index in [0.717, 1.165) is 43.0 Å². The Morgan fingerprint density at radius 3 is 2.58 bits per heavy atom. The van der Waals surface area contributed by atoms with Gasteiger partial charge < -0.3 is 10.6 Å². The third-order valence-electron chi connectivity index (χ3n) is 3.83. The molecule has 0 radical (unpaired) electrons. The molecule has 1 aliphatic carbocycles. The summed E-state index contributed by atoms with van der Waals surface area (Å²) in [6.45, 7) is 1.75. The average molecular weight is 257 g/mol. The number of aliphatic imine (C=N–C) groups is 1. The Morgan fingerprint density at radius 2 is 1.95 bits per heavy atom. The second-order valence-electron chi connectivity index (χ2n) is 5.21. The molecule has 4 heteroatoms. The lowest BCUT2D eigenvalue weighted by molar-refractivity contribution is -0.119. The molecule has 4 nitrogen and oxygen atoms in total. The van der Waals surface area contributed by atoms with Crippen molar-refractivity contribution in [2.24, 2.45) is 10.9 Å². The van der Waals surface area contributed by atoms with Gasteiger partial charge >= 0.3 is 0 Å². The number of rotatable bonds is 3. The van der Waals surface area contributed by atoms with E-state index in [1.54, 1.807) is 0 Å². The maximum Gasteiger partial charge on any atom is 0.227 e. The van der Waals surface area contributed by atoms with Crippen molar-refractivity contribution in [3.63, 3.8) is 0 Å². The molecule has 0 atom stereocenters. The van der Waals surface area contributed by atoms with Crippen LogP contribution in [0.2, 0.25) is 0 Å². The minimum atomic E-state index is 0.168. The van der Waals surface area contributed by atoms with E-state index < -0.39 is 0 Å². The van der Waals surface area contributed by atoms with Crippen LogP contribution in [-0.4, -0.2) is 24.8 Å². The number of hydrogen-bond donors (Lipinski definition) is 2. The van der Waals surface area contributed by atoms with E-state index in [-0.39, 0.29) is 11.8 Å². The molecule has 2 aliphatic rings. The third-order valence-corrected chi connectivity index (χ3v) is 3.83. The van der Waals surface area contributed by atoms with Gasteiger partial charge in [0.25, 0.3) is 0 Å². The molecule has 1 fully saturated rings. The number of carbonyl (C=O) groups is 1. The molecule has 0 unspecified atom stereocenters. The summed E-state index contributed by atoms with van der Waals surface area (Å²) in [5.41, 5.74) is 1.95. The number of benzene rings is 1. The highest BCUT2D eigenvalue weighted by Gasteiger charge is 2.22. The maximum absolute atomic E-state index is 12.0. The van der Waals surface area contributed by atoms with Crippen molar-refractivity contribution in [3.8, 4) is 0 Å². The van der Waals surface area contributed by atoms with Gasteiger partial charge in [-0.1, -0.05) is 12.8 Å². The summed E-state index contributed by atoms with van der Waals surface area (Å²) in [5.74, 6) is 1.33. The first-order valence-corrected chi connectivity index (χ1v) is 7.02. The number of amidine groups is 1. The molecule has 0 saturated heterocycles. The fraction of sp³-hybridized carbons (Fsp3) is 0.467. The number of anilines is 1. The van der Waals surface area contributed by atoms with Crippen molar-refractivity contribution in [2.75, 3.05) is 18.4 Å². The zero-order chi connectivity index (χ0) is 13.1. The first-order chi connectivity index (χ1) is 9.33. The summed E-state index contributed by atoms with van der Waals surface area (Å²) in [6.07, 6.45) is 4.43. The van der Waals surface area contributed by atoms with E-state index in [9.17, 15) is 4.79 Å². The predicted octanol–water partition coefficient (Wildman–Crippen LogP) is 2.17. The van der Waals surface area contributed by atoms with Gasteiger partial charge in [-0.3, -0.25) is 9.79 Å². The van der Waals surface area contributed by atoms with Gasteiger partial charge in [-0.15, -0.1) is 0 Å². The number of hydrogen-bond acceptors (Lipinski definition) is 3. The molecule has 1 heterocycles. The lowest BCUT2D eigenvalue weighted by Crippen LogP contribution is -2.21. The molecule has 2 N–H and O–H groups in total. The number of nitrogens with one attached hydrogen (secondary N) is 2. The lowest BCUT2D eigenvalue weighted by atomic mass is 10.1. The van der Waals surface area contributed by atoms with Crippen molar-refractivity contribution in [2.45, 2.75) is 25.7 Å². The fourth-order valence-electron chi connectivity index (χ4n) is 2.74. The van der Waals surface area contributed by atoms with Crippen LogP contribution in [0.5, 0.6) is 0 Å². The van der Waals surface area contributed by atoms with Crippen LogP contribution >= 0.6 is 0 Å². The summed E-state index contributed by atoms with van der Waals surface area (Å²) >= 11 is 0. The number of amides is 1. The number of nitrogens with zero attached hydrogens (tertiary/aromatic N) is 1. The molecule has 19 heavy (non-hydrogen) atoms. The van der Waals surface area contributed by atoms with E-state index in [1.165, 1.54) is 12.8 Å². The molecule has 0 spiro atoms. The van der Waals surface area contributed by atoms with E-state index in [2.05, 4.69) is 15.6 Å². The highest BCUT2D eigenvalue weighted by molar-refractivity contribution is 6.00. The average Bonchev–Trinajstić information content (AvgIpc) is 3.13. The second kappa shape index (κ2) is 5.43. The Bertz CT molecular complexity index is 487. The van der Waals surface area contributed by atoms with Crippen LogP contribution in [0.1, 0.15) is 31.2 Å². The summed E-state index contributed by atoms with van der Waals surface area (Å²) in [4.78, 5) is 16.4. The summed E-state index contributed by atoms with van der Waals surface area (Å²) < 4.78 is 0. The molecular weight excluding hydrogens is 238 g/mol. The highest BCUT2D eigenvalue weighted by Crippen LogP contribution is 2.26. The third kappa shape index (κ3) is 2.78. The Labute approximate surface area is 113 Å². The quantitative estimate of drug-likeness (QED) is 0.872. The van der Waals surface area contributed by atoms with E-state index in [4.69, 9.17) is 0 Å². The monoisotopic (exact) mass is 257 g/mol. The van der Waals surface area contributed by atoms with Crippen LogP contribution in [-0.2, 0) is 4.79 Å². The van der Waals surface area contributed by atoms with Gasteiger partial charge in [0.2, 0.25) is 5.91 Å². The van der Waals surface area contributed by atoms with Crippen LogP contribution in [0, 0.1) is 5.92 Å². The SMILES string of the molecule is O=C(Nc1ccc(C2=NCCN2)cc1)C1CCCC1. The smallest absolute Gasteiger partial charge is 0.227 e. The molecule has 1 aromatic rings. The van der Waals surface area contributed by atoms with Crippen molar-refractivity contribution in [1.29, 1.82) is 0 Å². The van der Waals surface area contributed by atoms with Crippen LogP contribution < -0.4 is 10.6 Å². The normalized spacial score (nSPS) is 19.1. The van der Waals surface area contributed by atoms with Crippen LogP contribution in [0.15, 0.2) is 29.3 Å². The molecule has 1 saturated carbocycles. The topological polar surface area (TPSA) is 53.5 Å². The molecule has 1 aliphatic heterocycles. The molecule has 3 rings (SSSR count). The van der Waals surface area contributed by atoms with Gasteiger partial charge in [-0.2, -0.15) is 0 Å². The van der Waals surface area contributed by atoms with Crippen LogP contribution in [0.25, 0.3) is 0 Å². The van der Waals surface area contributed by atoms with E-state index >= 15 is 0 Å². The van der Waals surface area contributed by atoms with Gasteiger partial charge in [0.15, 0.2) is 0 Å². The van der Waals surface area contributed by atoms with Crippen molar-refractivity contribution in [3.05, 3.63) is 29.8 Å². The first-order valence-electron chi connectivity index (χ1n) is 7.02. The standard InChI is InChI=1S/C15H19N3O/c19-15(12-3-1-2-4-12)18-13-7-5-11(6-8-13)14-16-9-10-17-14/h5-8,12H,1-4,9-10H2,(H,16,17)(H,18,19). The zero-order valence-corrected chi connectivity index (χ0v) is 11.0. The minimum Gasteiger partial charge on any atom is -0.368 e. The molecule has 1 aromatic carbocycles. The molecule has 0 aromatic heterocycles. The minimum absolute atomic E-state index is 0.168. The molecule has 100 valence electrons. The zero-order valence-electron chi connectivity index (χ0n) is 11.0. The predicted molar refractivity (Wildman–Crippen MR) is 76.4 cm³/mol. The molecule has 1 amide bonds. The van der Waals surface area contributed by atoms with E-state index in [0.29, 0.717) is 0 Å². The summed E-state index contributed by atoms with van der Waals surface area (Å²) in [7, 11) is 0. The second-order valence-corrected chi connectivity index (χ2v) is 5.21. The maximum atomic E-state index is 12.0. The lowest BCUT2D eigenvalue weighted by Gasteiger charge is -2.11. The largest absolute Gasteiger partial charge is 0.368 e. The summed E-state index contributed by atoms with van der Waals surface area (Å²) in [6, 6.07) is 7.90. The van der Waals surface area contributed by atoms with E-state index in [1.807, 2.05) is 24.3 Å². The first kappa shape index (κ1) is 12.2. The number of carbonyl (C=O) groups excluding carboxylic acids is 1. The van der Waals surface area contributed by atoms with Crippen LogP contribution in [0.4, 0.5) is 5.69 Å². The summed E-state index contributed by atoms with van der Waals surface area (Å²) in [5, 5.41) is 6.24. The Hall–Kier alpha value is -1.84. The van der Waals surface area contributed by atoms with Gasteiger partial charge in [0, 0.05) is 23.7 Å². The molecular formula is C15H19N3O. The van der Waals surface area contributed by atoms with Gasteiger partial charge in [-0.25, -0.2) is 0 Å². The Balaban J connectivity index is 1.63. The highest BCUT2D eigenvalue weighted by atomic mass is 16.1. The van der Waals surface area contributed by atoms with Crippen molar-refractivity contribution in [1.82, 2.24) is 5.32 Å². The fourth-order valence-corrected chi connectivity index (χ4v) is 2.74. The Morgan fingerprint density at radius 1 is 1.21 bits per heavy atom. The van der Waals surface area contributed by atoms with Crippen molar-refractivity contribution >= 4 is 17.4 Å². The van der Waals surface area contributed by atoms with Gasteiger partial charge in [-0.05, 0) is 37.1 Å². The molecule has 0 bridgehead atoms.